The van der Waals surface area contributed by atoms with Crippen LogP contribution in [0.3, 0.4) is 0 Å². The fourth-order valence-corrected chi connectivity index (χ4v) is 3.14. The first kappa shape index (κ1) is 18.4. The van der Waals surface area contributed by atoms with Gasteiger partial charge in [-0.1, -0.05) is 19.8 Å². The summed E-state index contributed by atoms with van der Waals surface area (Å²) in [6.45, 7) is 4.38. The number of sulfonamides is 1. The van der Waals surface area contributed by atoms with Crippen LogP contribution in [0.4, 0.5) is 11.5 Å². The Balaban J connectivity index is 2.35. The van der Waals surface area contributed by atoms with Gasteiger partial charge in [0.15, 0.2) is 0 Å². The molecule has 8 heteroatoms. The molecule has 24 heavy (non-hydrogen) atoms. The predicted molar refractivity (Wildman–Crippen MR) is 98.3 cm³/mol. The summed E-state index contributed by atoms with van der Waals surface area (Å²) >= 11 is 0. The quantitative estimate of drug-likeness (QED) is 0.672. The van der Waals surface area contributed by atoms with Gasteiger partial charge in [0.1, 0.15) is 11.3 Å². The molecular formula is C16H25N5O2S. The lowest BCUT2D eigenvalue weighted by atomic mass is 9.94. The molecule has 0 amide bonds. The van der Waals surface area contributed by atoms with Gasteiger partial charge in [-0.15, -0.1) is 0 Å². The van der Waals surface area contributed by atoms with Gasteiger partial charge in [-0.3, -0.25) is 4.98 Å². The minimum Gasteiger partial charge on any atom is -0.384 e. The summed E-state index contributed by atoms with van der Waals surface area (Å²) in [4.78, 5) is 8.65. The zero-order valence-electron chi connectivity index (χ0n) is 14.3. The molecule has 0 spiro atoms. The highest BCUT2D eigenvalue weighted by Crippen LogP contribution is 2.27. The lowest BCUT2D eigenvalue weighted by Gasteiger charge is -2.32. The highest BCUT2D eigenvalue weighted by molar-refractivity contribution is 7.88. The number of hydrogen-bond donors (Lipinski definition) is 3. The number of rotatable bonds is 8. The number of pyridine rings is 2. The van der Waals surface area contributed by atoms with Crippen LogP contribution >= 0.6 is 0 Å². The third kappa shape index (κ3) is 5.04. The maximum Gasteiger partial charge on any atom is 0.208 e. The normalized spacial score (nSPS) is 14.5. The van der Waals surface area contributed by atoms with Gasteiger partial charge in [0, 0.05) is 24.3 Å². The third-order valence-corrected chi connectivity index (χ3v) is 4.50. The summed E-state index contributed by atoms with van der Waals surface area (Å²) in [5, 5.41) is 3.44. The van der Waals surface area contributed by atoms with Crippen molar-refractivity contribution in [1.29, 1.82) is 0 Å². The molecule has 0 bridgehead atoms. The second-order valence-corrected chi connectivity index (χ2v) is 8.18. The van der Waals surface area contributed by atoms with Crippen molar-refractivity contribution in [2.45, 2.75) is 38.6 Å². The van der Waals surface area contributed by atoms with E-state index in [2.05, 4.69) is 26.9 Å². The van der Waals surface area contributed by atoms with Gasteiger partial charge < -0.3 is 11.1 Å². The van der Waals surface area contributed by atoms with Crippen LogP contribution in [0.15, 0.2) is 24.4 Å². The third-order valence-electron chi connectivity index (χ3n) is 3.83. The average Bonchev–Trinajstić information content (AvgIpc) is 2.50. The van der Waals surface area contributed by atoms with Gasteiger partial charge in [-0.2, -0.15) is 0 Å². The number of aromatic nitrogens is 2. The van der Waals surface area contributed by atoms with Gasteiger partial charge in [0.2, 0.25) is 10.0 Å². The topological polar surface area (TPSA) is 110 Å². The molecule has 0 radical (unpaired) electrons. The molecule has 2 heterocycles. The van der Waals surface area contributed by atoms with Crippen molar-refractivity contribution in [3.8, 4) is 0 Å². The van der Waals surface area contributed by atoms with Crippen LogP contribution in [-0.2, 0) is 10.0 Å². The summed E-state index contributed by atoms with van der Waals surface area (Å²) < 4.78 is 25.6. The van der Waals surface area contributed by atoms with E-state index in [9.17, 15) is 8.42 Å². The second-order valence-electron chi connectivity index (χ2n) is 6.35. The van der Waals surface area contributed by atoms with E-state index in [0.29, 0.717) is 16.9 Å². The molecule has 0 fully saturated rings. The molecule has 2 aromatic rings. The van der Waals surface area contributed by atoms with Gasteiger partial charge in [-0.05, 0) is 25.5 Å². The Bertz CT molecular complexity index is 809. The minimum atomic E-state index is -3.27. The Morgan fingerprint density at radius 1 is 1.38 bits per heavy atom. The summed E-state index contributed by atoms with van der Waals surface area (Å²) in [5.74, 6) is 0.395. The zero-order valence-corrected chi connectivity index (χ0v) is 15.2. The largest absolute Gasteiger partial charge is 0.384 e. The van der Waals surface area contributed by atoms with Crippen LogP contribution in [0.25, 0.3) is 11.0 Å². The Hall–Kier alpha value is -1.93. The van der Waals surface area contributed by atoms with E-state index in [1.807, 2.05) is 13.0 Å². The molecule has 0 saturated heterocycles. The van der Waals surface area contributed by atoms with Crippen LogP contribution in [0, 0.1) is 0 Å². The highest BCUT2D eigenvalue weighted by Gasteiger charge is 2.26. The van der Waals surface area contributed by atoms with E-state index < -0.39 is 15.6 Å². The number of nitrogens with zero attached hydrogens (tertiary/aromatic N) is 2. The van der Waals surface area contributed by atoms with Crippen molar-refractivity contribution in [1.82, 2.24) is 14.7 Å². The first-order valence-electron chi connectivity index (χ1n) is 7.96. The van der Waals surface area contributed by atoms with Gasteiger partial charge in [0.25, 0.3) is 0 Å². The maximum atomic E-state index is 11.5. The molecule has 1 atom stereocenters. The van der Waals surface area contributed by atoms with E-state index in [4.69, 9.17) is 5.73 Å². The summed E-state index contributed by atoms with van der Waals surface area (Å²) in [7, 11) is -3.27. The summed E-state index contributed by atoms with van der Waals surface area (Å²) in [5.41, 5.74) is 7.61. The molecule has 0 aromatic carbocycles. The van der Waals surface area contributed by atoms with E-state index in [0.717, 1.165) is 31.2 Å². The standard InChI is InChI=1S/C16H25N5O2S/c1-4-5-8-16(2,11-19-24(3,22)23)21-13-10-14(17)20-12-7-6-9-18-15(12)13/h6-7,9-10,19H,4-5,8,11H2,1-3H3,(H3,17,20,21). The first-order valence-corrected chi connectivity index (χ1v) is 9.86. The van der Waals surface area contributed by atoms with E-state index in [1.165, 1.54) is 0 Å². The van der Waals surface area contributed by atoms with Crippen molar-refractivity contribution >= 4 is 32.6 Å². The van der Waals surface area contributed by atoms with Crippen molar-refractivity contribution in [2.75, 3.05) is 23.9 Å². The Morgan fingerprint density at radius 3 is 2.79 bits per heavy atom. The van der Waals surface area contributed by atoms with Crippen molar-refractivity contribution in [3.63, 3.8) is 0 Å². The fourth-order valence-electron chi connectivity index (χ4n) is 2.55. The smallest absolute Gasteiger partial charge is 0.208 e. The van der Waals surface area contributed by atoms with Crippen LogP contribution in [0.2, 0.25) is 0 Å². The SMILES string of the molecule is CCCCC(C)(CNS(C)(=O)=O)Nc1cc(N)nc2cccnc12. The lowest BCUT2D eigenvalue weighted by Crippen LogP contribution is -2.46. The maximum absolute atomic E-state index is 11.5. The number of unbranched alkanes of at least 4 members (excludes halogenated alkanes) is 1. The zero-order chi connectivity index (χ0) is 17.8. The molecule has 2 rings (SSSR count). The van der Waals surface area contributed by atoms with Crippen LogP contribution in [-0.4, -0.2) is 36.7 Å². The lowest BCUT2D eigenvalue weighted by molar-refractivity contribution is 0.445. The Labute approximate surface area is 143 Å². The highest BCUT2D eigenvalue weighted by atomic mass is 32.2. The van der Waals surface area contributed by atoms with E-state index in [1.54, 1.807) is 18.3 Å². The van der Waals surface area contributed by atoms with Crippen molar-refractivity contribution in [2.24, 2.45) is 0 Å². The van der Waals surface area contributed by atoms with Gasteiger partial charge in [-0.25, -0.2) is 18.1 Å². The number of fused-ring (bicyclic) bond motifs is 1. The molecule has 7 nitrogen and oxygen atoms in total. The molecular weight excluding hydrogens is 326 g/mol. The Morgan fingerprint density at radius 2 is 2.12 bits per heavy atom. The molecule has 0 aliphatic rings. The van der Waals surface area contributed by atoms with Crippen LogP contribution < -0.4 is 15.8 Å². The van der Waals surface area contributed by atoms with Gasteiger partial charge >= 0.3 is 0 Å². The Kier molecular flexibility index (Phi) is 5.61. The molecule has 1 unspecified atom stereocenters. The van der Waals surface area contributed by atoms with Crippen molar-refractivity contribution in [3.05, 3.63) is 24.4 Å². The number of anilines is 2. The van der Waals surface area contributed by atoms with Crippen LogP contribution in [0.1, 0.15) is 33.1 Å². The number of nitrogen functional groups attached to an aromatic ring is 1. The predicted octanol–water partition coefficient (Wildman–Crippen LogP) is 2.12. The average molecular weight is 351 g/mol. The molecule has 0 saturated carbocycles. The number of nitrogens with one attached hydrogen (secondary N) is 2. The monoisotopic (exact) mass is 351 g/mol. The number of nitrogens with two attached hydrogens (primary N) is 1. The molecule has 0 aliphatic carbocycles. The van der Waals surface area contributed by atoms with E-state index in [-0.39, 0.29) is 6.54 Å². The fraction of sp³-hybridized carbons (Fsp3) is 0.500. The summed E-state index contributed by atoms with van der Waals surface area (Å²) in [6, 6.07) is 5.39. The molecule has 2 aromatic heterocycles. The first-order chi connectivity index (χ1) is 11.2. The second kappa shape index (κ2) is 7.31. The molecule has 0 aliphatic heterocycles. The van der Waals surface area contributed by atoms with E-state index >= 15 is 0 Å². The van der Waals surface area contributed by atoms with Crippen molar-refractivity contribution < 1.29 is 8.42 Å². The van der Waals surface area contributed by atoms with Crippen LogP contribution in [0.5, 0.6) is 0 Å². The molecule has 132 valence electrons. The molecule has 4 N–H and O–H groups in total. The number of hydrogen-bond acceptors (Lipinski definition) is 6. The summed E-state index contributed by atoms with van der Waals surface area (Å²) in [6.07, 6.45) is 5.66. The van der Waals surface area contributed by atoms with Gasteiger partial charge in [0.05, 0.1) is 17.5 Å². The minimum absolute atomic E-state index is 0.280.